The summed E-state index contributed by atoms with van der Waals surface area (Å²) in [6.45, 7) is 2.12. The zero-order chi connectivity index (χ0) is 9.94. The lowest BCUT2D eigenvalue weighted by molar-refractivity contribution is 0.632. The fourth-order valence-corrected chi connectivity index (χ4v) is 2.07. The average Bonchev–Trinajstić information content (AvgIpc) is 2.09. The van der Waals surface area contributed by atoms with E-state index in [9.17, 15) is 4.21 Å². The van der Waals surface area contributed by atoms with Crippen LogP contribution in [-0.4, -0.2) is 41.3 Å². The largest absolute Gasteiger partial charge is 0.317 e. The van der Waals surface area contributed by atoms with Crippen LogP contribution in [0.5, 0.6) is 0 Å². The van der Waals surface area contributed by atoms with E-state index in [0.717, 1.165) is 25.3 Å². The van der Waals surface area contributed by atoms with Crippen molar-refractivity contribution in [1.29, 1.82) is 0 Å². The molecule has 4 heteroatoms. The average molecular weight is 223 g/mol. The van der Waals surface area contributed by atoms with Gasteiger partial charge in [0.25, 0.3) is 0 Å². The number of thioether (sulfide) groups is 1. The van der Waals surface area contributed by atoms with Crippen molar-refractivity contribution in [3.63, 3.8) is 0 Å². The van der Waals surface area contributed by atoms with Gasteiger partial charge in [-0.25, -0.2) is 0 Å². The van der Waals surface area contributed by atoms with Crippen LogP contribution in [0, 0.1) is 0 Å². The number of nitrogens with one attached hydrogen (secondary N) is 1. The molecule has 0 saturated heterocycles. The summed E-state index contributed by atoms with van der Waals surface area (Å²) in [4.78, 5) is 0. The van der Waals surface area contributed by atoms with Crippen molar-refractivity contribution in [1.82, 2.24) is 5.32 Å². The molecule has 0 heterocycles. The monoisotopic (exact) mass is 223 g/mol. The summed E-state index contributed by atoms with van der Waals surface area (Å²) in [7, 11) is -0.619. The first-order valence-corrected chi connectivity index (χ1v) is 7.89. The second-order valence-electron chi connectivity index (χ2n) is 3.08. The molecule has 1 unspecified atom stereocenters. The van der Waals surface area contributed by atoms with E-state index in [1.165, 1.54) is 18.6 Å². The van der Waals surface area contributed by atoms with Crippen LogP contribution >= 0.6 is 11.8 Å². The maximum absolute atomic E-state index is 10.7. The van der Waals surface area contributed by atoms with Crippen LogP contribution in [0.15, 0.2) is 0 Å². The van der Waals surface area contributed by atoms with Gasteiger partial charge in [-0.05, 0) is 44.4 Å². The lowest BCUT2D eigenvalue weighted by Crippen LogP contribution is -2.18. The van der Waals surface area contributed by atoms with Gasteiger partial charge in [-0.2, -0.15) is 11.8 Å². The summed E-state index contributed by atoms with van der Waals surface area (Å²) in [5.74, 6) is 2.10. The Hall–Kier alpha value is 0.460. The fraction of sp³-hybridized carbons (Fsp3) is 1.00. The Kier molecular flexibility index (Phi) is 10.9. The molecule has 80 valence electrons. The van der Waals surface area contributed by atoms with Crippen LogP contribution in [0.4, 0.5) is 0 Å². The van der Waals surface area contributed by atoms with E-state index in [-0.39, 0.29) is 0 Å². The van der Waals surface area contributed by atoms with Gasteiger partial charge in [0.05, 0.1) is 0 Å². The lowest BCUT2D eigenvalue weighted by atomic mass is 10.3. The molecule has 0 radical (unpaired) electrons. The minimum absolute atomic E-state index is 0.619. The van der Waals surface area contributed by atoms with Crippen molar-refractivity contribution >= 4 is 22.6 Å². The fourth-order valence-electron chi connectivity index (χ4n) is 1.02. The van der Waals surface area contributed by atoms with Gasteiger partial charge >= 0.3 is 0 Å². The normalized spacial score (nSPS) is 13.1. The first kappa shape index (κ1) is 13.5. The summed E-state index contributed by atoms with van der Waals surface area (Å²) < 4.78 is 10.7. The molecular weight excluding hydrogens is 202 g/mol. The SMILES string of the molecule is CSCCCCNCCCS(C)=O. The van der Waals surface area contributed by atoms with Crippen molar-refractivity contribution in [3.8, 4) is 0 Å². The zero-order valence-corrected chi connectivity index (χ0v) is 10.3. The summed E-state index contributed by atoms with van der Waals surface area (Å²) in [5, 5.41) is 3.36. The molecule has 0 aliphatic rings. The van der Waals surface area contributed by atoms with Crippen molar-refractivity contribution in [2.24, 2.45) is 0 Å². The van der Waals surface area contributed by atoms with Gasteiger partial charge in [-0.1, -0.05) is 0 Å². The lowest BCUT2D eigenvalue weighted by Gasteiger charge is -2.02. The smallest absolute Gasteiger partial charge is 0.0244 e. The maximum Gasteiger partial charge on any atom is 0.0244 e. The molecule has 0 bridgehead atoms. The highest BCUT2D eigenvalue weighted by Gasteiger charge is 1.91. The summed E-state index contributed by atoms with van der Waals surface area (Å²) in [6, 6.07) is 0. The molecular formula is C9H21NOS2. The number of rotatable bonds is 9. The van der Waals surface area contributed by atoms with Gasteiger partial charge in [0.1, 0.15) is 0 Å². The minimum Gasteiger partial charge on any atom is -0.317 e. The van der Waals surface area contributed by atoms with Gasteiger partial charge in [-0.3, -0.25) is 4.21 Å². The van der Waals surface area contributed by atoms with E-state index in [1.54, 1.807) is 6.26 Å². The number of hydrogen-bond donors (Lipinski definition) is 1. The summed E-state index contributed by atoms with van der Waals surface area (Å²) >= 11 is 1.91. The van der Waals surface area contributed by atoms with E-state index in [0.29, 0.717) is 0 Å². The topological polar surface area (TPSA) is 29.1 Å². The highest BCUT2D eigenvalue weighted by Crippen LogP contribution is 1.97. The number of unbranched alkanes of at least 4 members (excludes halogenated alkanes) is 1. The Morgan fingerprint density at radius 1 is 1.23 bits per heavy atom. The summed E-state index contributed by atoms with van der Waals surface area (Å²) in [5.41, 5.74) is 0. The highest BCUT2D eigenvalue weighted by molar-refractivity contribution is 7.98. The molecule has 0 aromatic rings. The van der Waals surface area contributed by atoms with Crippen LogP contribution in [0.2, 0.25) is 0 Å². The molecule has 13 heavy (non-hydrogen) atoms. The third-order valence-corrected chi connectivity index (χ3v) is 3.30. The molecule has 0 aliphatic heterocycles. The van der Waals surface area contributed by atoms with Crippen LogP contribution in [0.25, 0.3) is 0 Å². The zero-order valence-electron chi connectivity index (χ0n) is 8.67. The second kappa shape index (κ2) is 10.5. The van der Waals surface area contributed by atoms with E-state index < -0.39 is 10.8 Å². The Morgan fingerprint density at radius 2 is 1.92 bits per heavy atom. The van der Waals surface area contributed by atoms with Gasteiger partial charge < -0.3 is 5.32 Å². The minimum atomic E-state index is -0.619. The predicted molar refractivity (Wildman–Crippen MR) is 64.0 cm³/mol. The second-order valence-corrected chi connectivity index (χ2v) is 5.62. The van der Waals surface area contributed by atoms with E-state index in [2.05, 4.69) is 11.6 Å². The molecule has 0 rings (SSSR count). The molecule has 2 nitrogen and oxygen atoms in total. The third kappa shape index (κ3) is 12.5. The first-order valence-electron chi connectivity index (χ1n) is 4.77. The molecule has 0 aromatic heterocycles. The Bertz CT molecular complexity index is 131. The van der Waals surface area contributed by atoms with Crippen LogP contribution in [0.1, 0.15) is 19.3 Å². The standard InChI is InChI=1S/C9H21NOS2/c1-12-8-4-3-6-10-7-5-9-13(2)11/h10H,3-9H2,1-2H3. The molecule has 0 aromatic carbocycles. The maximum atomic E-state index is 10.7. The van der Waals surface area contributed by atoms with Crippen molar-refractivity contribution < 1.29 is 4.21 Å². The Labute approximate surface area is 88.7 Å². The van der Waals surface area contributed by atoms with Gasteiger partial charge in [0, 0.05) is 22.8 Å². The molecule has 0 aliphatic carbocycles. The van der Waals surface area contributed by atoms with Crippen molar-refractivity contribution in [2.45, 2.75) is 19.3 Å². The van der Waals surface area contributed by atoms with Gasteiger partial charge in [0.2, 0.25) is 0 Å². The van der Waals surface area contributed by atoms with Gasteiger partial charge in [-0.15, -0.1) is 0 Å². The molecule has 0 spiro atoms. The molecule has 0 amide bonds. The quantitative estimate of drug-likeness (QED) is 0.601. The first-order chi connectivity index (χ1) is 6.27. The van der Waals surface area contributed by atoms with Crippen molar-refractivity contribution in [3.05, 3.63) is 0 Å². The van der Waals surface area contributed by atoms with Crippen LogP contribution < -0.4 is 5.32 Å². The number of hydrogen-bond acceptors (Lipinski definition) is 3. The van der Waals surface area contributed by atoms with Gasteiger partial charge in [0.15, 0.2) is 0 Å². The molecule has 0 saturated carbocycles. The van der Waals surface area contributed by atoms with Crippen LogP contribution in [0.3, 0.4) is 0 Å². The Morgan fingerprint density at radius 3 is 2.54 bits per heavy atom. The van der Waals surface area contributed by atoms with E-state index in [1.807, 2.05) is 11.8 Å². The third-order valence-electron chi connectivity index (χ3n) is 1.74. The predicted octanol–water partition coefficient (Wildman–Crippen LogP) is 1.49. The highest BCUT2D eigenvalue weighted by atomic mass is 32.2. The van der Waals surface area contributed by atoms with Crippen molar-refractivity contribution in [2.75, 3.05) is 37.1 Å². The van der Waals surface area contributed by atoms with E-state index in [4.69, 9.17) is 0 Å². The summed E-state index contributed by atoms with van der Waals surface area (Å²) in [6.07, 6.45) is 7.50. The molecule has 0 fully saturated rings. The molecule has 1 atom stereocenters. The Balaban J connectivity index is 2.87. The van der Waals surface area contributed by atoms with E-state index >= 15 is 0 Å². The van der Waals surface area contributed by atoms with Crippen LogP contribution in [-0.2, 0) is 10.8 Å². The molecule has 1 N–H and O–H groups in total.